The monoisotopic (exact) mass is 186 g/mol. The zero-order valence-corrected chi connectivity index (χ0v) is 4.67. The number of rotatable bonds is 0. The maximum atomic E-state index is 8.52. The molecule has 0 bridgehead atoms. The second-order valence-corrected chi connectivity index (χ2v) is 0.382. The van der Waals surface area contributed by atoms with Crippen molar-refractivity contribution < 1.29 is 24.0 Å². The molecule has 0 aliphatic rings. The Balaban J connectivity index is -0.0000000200. The van der Waals surface area contributed by atoms with Crippen LogP contribution < -0.4 is 0 Å². The average molecular weight is 186 g/mol. The first-order chi connectivity index (χ1) is 1.41. The van der Waals surface area contributed by atoms with E-state index in [9.17, 15) is 0 Å². The Hall–Kier alpha value is 0.473. The fourth-order valence-corrected chi connectivity index (χ4v) is 0. The van der Waals surface area contributed by atoms with Crippen LogP contribution in [0.15, 0.2) is 3.92 Å². The number of hydrogen-bond donors (Lipinski definition) is 0. The quantitative estimate of drug-likeness (QED) is 0.381. The van der Waals surface area contributed by atoms with E-state index >= 15 is 0 Å². The second-order valence-electron chi connectivity index (χ2n) is 0.0645. The molecule has 0 heterocycles. The molecule has 0 aromatic carbocycles. The van der Waals surface area contributed by atoms with Gasteiger partial charge in [-0.25, -0.2) is 0 Å². The summed E-state index contributed by atoms with van der Waals surface area (Å²) in [6.07, 6.45) is 0. The van der Waals surface area contributed by atoms with Crippen molar-refractivity contribution >= 4 is 12.4 Å². The van der Waals surface area contributed by atoms with E-state index in [0.29, 0.717) is 0 Å². The first kappa shape index (κ1) is 17.9. The molecule has 0 aliphatic carbocycles. The molecule has 0 aromatic rings. The van der Waals surface area contributed by atoms with Gasteiger partial charge in [0.05, 0.1) is 0 Å². The Morgan fingerprint density at radius 2 is 1.60 bits per heavy atom. The standard InChI is InChI=1S/ClH.NO.H2O.Ru/c;1-2;;/h1H;;1H2;/q;-1;;+1. The van der Waals surface area contributed by atoms with Crippen molar-refractivity contribution in [2.45, 2.75) is 0 Å². The van der Waals surface area contributed by atoms with Gasteiger partial charge < -0.3 is 5.48 Å². The fourth-order valence-electron chi connectivity index (χ4n) is 0. The van der Waals surface area contributed by atoms with Crippen molar-refractivity contribution in [3.63, 3.8) is 0 Å². The Labute approximate surface area is 45.8 Å². The van der Waals surface area contributed by atoms with E-state index in [1.807, 2.05) is 0 Å². The van der Waals surface area contributed by atoms with Gasteiger partial charge in [0.25, 0.3) is 0 Å². The zero-order valence-electron chi connectivity index (χ0n) is 2.12. The predicted octanol–water partition coefficient (Wildman–Crippen LogP) is -0.188. The van der Waals surface area contributed by atoms with Gasteiger partial charge in [0.2, 0.25) is 0 Å². The minimum absolute atomic E-state index is 0. The predicted molar refractivity (Wildman–Crippen MR) is 16.7 cm³/mol. The van der Waals surface area contributed by atoms with Crippen LogP contribution in [-0.2, 0) is 18.5 Å². The van der Waals surface area contributed by atoms with Crippen molar-refractivity contribution in [1.82, 2.24) is 0 Å². The molecule has 0 fully saturated rings. The molecule has 3 nitrogen and oxygen atoms in total. The molecule has 0 spiro atoms. The molecule has 0 radical (unpaired) electrons. The summed E-state index contributed by atoms with van der Waals surface area (Å²) in [6.45, 7) is 0. The van der Waals surface area contributed by atoms with E-state index in [2.05, 4.69) is 3.92 Å². The van der Waals surface area contributed by atoms with Crippen molar-refractivity contribution in [2.75, 3.05) is 0 Å². The molecular weight excluding hydrogens is 183 g/mol. The van der Waals surface area contributed by atoms with Crippen LogP contribution in [0.4, 0.5) is 0 Å². The first-order valence-corrected chi connectivity index (χ1v) is 1.12. The number of halogens is 1. The summed E-state index contributed by atoms with van der Waals surface area (Å²) < 4.78 is 2.18. The van der Waals surface area contributed by atoms with E-state index in [-0.39, 0.29) is 17.9 Å². The minimum atomic E-state index is 0. The maximum absolute atomic E-state index is 8.52. The van der Waals surface area contributed by atoms with Crippen LogP contribution in [0.1, 0.15) is 0 Å². The van der Waals surface area contributed by atoms with Gasteiger partial charge in [-0.3, -0.25) is 0 Å². The summed E-state index contributed by atoms with van der Waals surface area (Å²) in [5.41, 5.74) is 0. The Morgan fingerprint density at radius 1 is 1.60 bits per heavy atom. The van der Waals surface area contributed by atoms with Crippen LogP contribution >= 0.6 is 12.4 Å². The van der Waals surface area contributed by atoms with E-state index in [1.54, 1.807) is 18.5 Å². The summed E-state index contributed by atoms with van der Waals surface area (Å²) in [4.78, 5) is 8.52. The SMILES string of the molecule is Cl.O.O=[N][Ru]. The third kappa shape index (κ3) is 122. The molecular formula is H3ClNO2Ru. The van der Waals surface area contributed by atoms with Gasteiger partial charge in [0, 0.05) is 0 Å². The Kier molecular flexibility index (Phi) is 89.0. The van der Waals surface area contributed by atoms with Gasteiger partial charge in [0.15, 0.2) is 0 Å². The summed E-state index contributed by atoms with van der Waals surface area (Å²) in [5.74, 6) is 0. The van der Waals surface area contributed by atoms with E-state index in [4.69, 9.17) is 4.91 Å². The number of nitroso groups, excluding NO2 is 1. The molecule has 35 valence electrons. The summed E-state index contributed by atoms with van der Waals surface area (Å²) in [5, 5.41) is 0. The summed E-state index contributed by atoms with van der Waals surface area (Å²) in [7, 11) is 0. The third-order valence-corrected chi connectivity index (χ3v) is 0. The Morgan fingerprint density at radius 3 is 1.60 bits per heavy atom. The molecule has 0 saturated carbocycles. The number of hydrogen-bond acceptors (Lipinski definition) is 2. The van der Waals surface area contributed by atoms with Crippen molar-refractivity contribution in [2.24, 2.45) is 3.92 Å². The van der Waals surface area contributed by atoms with Gasteiger partial charge in [-0.05, 0) is 0 Å². The molecule has 0 aliphatic heterocycles. The van der Waals surface area contributed by atoms with E-state index < -0.39 is 0 Å². The average Bonchev–Trinajstić information content (AvgIpc) is 0.918. The molecule has 0 atom stereocenters. The van der Waals surface area contributed by atoms with E-state index in [1.165, 1.54) is 0 Å². The Bertz CT molecular complexity index is 17.1. The second kappa shape index (κ2) is 24.9. The zero-order chi connectivity index (χ0) is 2.71. The van der Waals surface area contributed by atoms with Gasteiger partial charge >= 0.3 is 27.4 Å². The van der Waals surface area contributed by atoms with Crippen LogP contribution in [0.25, 0.3) is 0 Å². The van der Waals surface area contributed by atoms with Gasteiger partial charge in [-0.15, -0.1) is 12.4 Å². The van der Waals surface area contributed by atoms with E-state index in [0.717, 1.165) is 0 Å². The molecule has 0 saturated heterocycles. The number of nitrogens with zero attached hydrogens (tertiary/aromatic N) is 1. The van der Waals surface area contributed by atoms with Crippen molar-refractivity contribution in [3.05, 3.63) is 4.91 Å². The molecule has 2 N–H and O–H groups in total. The van der Waals surface area contributed by atoms with Crippen LogP contribution in [0.2, 0.25) is 0 Å². The van der Waals surface area contributed by atoms with Gasteiger partial charge in [-0.1, -0.05) is 0 Å². The van der Waals surface area contributed by atoms with Crippen LogP contribution in [0.3, 0.4) is 0 Å². The van der Waals surface area contributed by atoms with Crippen molar-refractivity contribution in [3.8, 4) is 0 Å². The van der Waals surface area contributed by atoms with Crippen LogP contribution in [-0.4, -0.2) is 5.48 Å². The first-order valence-electron chi connectivity index (χ1n) is 0.341. The van der Waals surface area contributed by atoms with Crippen molar-refractivity contribution in [1.29, 1.82) is 0 Å². The molecule has 0 rings (SSSR count). The molecule has 5 heteroatoms. The summed E-state index contributed by atoms with van der Waals surface area (Å²) in [6, 6.07) is 0. The van der Waals surface area contributed by atoms with Gasteiger partial charge in [0.1, 0.15) is 0 Å². The third-order valence-electron chi connectivity index (χ3n) is 0. The van der Waals surface area contributed by atoms with Crippen LogP contribution in [0.5, 0.6) is 0 Å². The van der Waals surface area contributed by atoms with Gasteiger partial charge in [-0.2, -0.15) is 0 Å². The molecule has 5 heavy (non-hydrogen) atoms. The molecule has 0 aromatic heterocycles. The normalized spacial score (nSPS) is 2.60. The topological polar surface area (TPSA) is 60.9 Å². The molecule has 0 unspecified atom stereocenters. The summed E-state index contributed by atoms with van der Waals surface area (Å²) >= 11 is 1.58. The van der Waals surface area contributed by atoms with Crippen LogP contribution in [0, 0.1) is 4.91 Å². The molecule has 0 amide bonds. The fraction of sp³-hybridized carbons (Fsp3) is 0.